The average Bonchev–Trinajstić information content (AvgIpc) is 3.01. The summed E-state index contributed by atoms with van der Waals surface area (Å²) in [5, 5.41) is 10.7. The van der Waals surface area contributed by atoms with Crippen molar-refractivity contribution in [3.05, 3.63) is 28.8 Å². The zero-order chi connectivity index (χ0) is 14.8. The highest BCUT2D eigenvalue weighted by Crippen LogP contribution is 2.45. The first kappa shape index (κ1) is 14.4. The second-order valence-corrected chi connectivity index (χ2v) is 7.26. The van der Waals surface area contributed by atoms with Crippen molar-refractivity contribution < 1.29 is 14.4 Å². The van der Waals surface area contributed by atoms with Crippen LogP contribution in [0.25, 0.3) is 0 Å². The third kappa shape index (κ3) is 2.19. The minimum absolute atomic E-state index is 0.381. The maximum atomic E-state index is 10.1. The van der Waals surface area contributed by atoms with Gasteiger partial charge >= 0.3 is 7.12 Å². The van der Waals surface area contributed by atoms with Crippen LogP contribution in [0, 0.1) is 0 Å². The van der Waals surface area contributed by atoms with Crippen LogP contribution in [0.5, 0.6) is 0 Å². The lowest BCUT2D eigenvalue weighted by molar-refractivity contribution is 0.00578. The lowest BCUT2D eigenvalue weighted by Gasteiger charge is -2.32. The highest BCUT2D eigenvalue weighted by Gasteiger charge is 2.52. The molecule has 1 saturated carbocycles. The van der Waals surface area contributed by atoms with Gasteiger partial charge in [0.05, 0.1) is 16.8 Å². The molecule has 20 heavy (non-hydrogen) atoms. The monoisotopic (exact) mass is 294 g/mol. The van der Waals surface area contributed by atoms with E-state index in [-0.39, 0.29) is 11.2 Å². The lowest BCUT2D eigenvalue weighted by Crippen LogP contribution is -2.41. The maximum absolute atomic E-state index is 10.1. The molecule has 5 heteroatoms. The fourth-order valence-corrected chi connectivity index (χ4v) is 2.65. The van der Waals surface area contributed by atoms with Crippen LogP contribution in [-0.4, -0.2) is 23.4 Å². The number of aliphatic hydroxyl groups is 1. The Bertz CT molecular complexity index is 536. The predicted octanol–water partition coefficient (Wildman–Crippen LogP) is 2.62. The molecule has 1 aliphatic carbocycles. The van der Waals surface area contributed by atoms with Crippen molar-refractivity contribution in [2.75, 3.05) is 0 Å². The molecular weight excluding hydrogens is 274 g/mol. The van der Waals surface area contributed by atoms with E-state index in [1.165, 1.54) is 0 Å². The van der Waals surface area contributed by atoms with Gasteiger partial charge in [0.1, 0.15) is 0 Å². The summed E-state index contributed by atoms with van der Waals surface area (Å²) in [5.41, 5.74) is 0.266. The maximum Gasteiger partial charge on any atom is 0.496 e. The van der Waals surface area contributed by atoms with Crippen LogP contribution < -0.4 is 5.46 Å². The zero-order valence-electron chi connectivity index (χ0n) is 12.4. The highest BCUT2D eigenvalue weighted by atomic mass is 35.5. The van der Waals surface area contributed by atoms with E-state index in [1.807, 2.05) is 45.9 Å². The molecule has 1 saturated heterocycles. The number of rotatable bonds is 2. The normalized spacial score (nSPS) is 25.8. The smallest absolute Gasteiger partial charge is 0.399 e. The van der Waals surface area contributed by atoms with Gasteiger partial charge in [-0.25, -0.2) is 0 Å². The van der Waals surface area contributed by atoms with Gasteiger partial charge in [-0.15, -0.1) is 0 Å². The Balaban J connectivity index is 1.89. The Labute approximate surface area is 125 Å². The number of halogens is 1. The van der Waals surface area contributed by atoms with Crippen molar-refractivity contribution in [3.8, 4) is 0 Å². The Morgan fingerprint density at radius 2 is 1.65 bits per heavy atom. The van der Waals surface area contributed by atoms with Gasteiger partial charge in [0.15, 0.2) is 0 Å². The number of benzene rings is 1. The van der Waals surface area contributed by atoms with Gasteiger partial charge in [0.2, 0.25) is 0 Å². The molecule has 1 aromatic carbocycles. The van der Waals surface area contributed by atoms with Crippen molar-refractivity contribution in [2.24, 2.45) is 0 Å². The van der Waals surface area contributed by atoms with Gasteiger partial charge in [-0.1, -0.05) is 23.7 Å². The molecule has 1 heterocycles. The van der Waals surface area contributed by atoms with Gasteiger partial charge < -0.3 is 14.4 Å². The van der Waals surface area contributed by atoms with Crippen molar-refractivity contribution in [2.45, 2.75) is 57.3 Å². The molecule has 1 aromatic rings. The van der Waals surface area contributed by atoms with Crippen molar-refractivity contribution >= 4 is 24.2 Å². The van der Waals surface area contributed by atoms with Crippen LogP contribution in [0.1, 0.15) is 46.1 Å². The van der Waals surface area contributed by atoms with Crippen LogP contribution in [0.4, 0.5) is 0 Å². The van der Waals surface area contributed by atoms with E-state index >= 15 is 0 Å². The molecule has 0 aromatic heterocycles. The Kier molecular flexibility index (Phi) is 3.05. The molecule has 1 aliphatic heterocycles. The van der Waals surface area contributed by atoms with E-state index < -0.39 is 12.7 Å². The summed E-state index contributed by atoms with van der Waals surface area (Å²) in [6.45, 7) is 8.06. The van der Waals surface area contributed by atoms with E-state index in [4.69, 9.17) is 20.9 Å². The van der Waals surface area contributed by atoms with Crippen molar-refractivity contribution in [1.82, 2.24) is 0 Å². The van der Waals surface area contributed by atoms with E-state index in [0.29, 0.717) is 5.02 Å². The van der Waals surface area contributed by atoms with E-state index in [9.17, 15) is 5.11 Å². The zero-order valence-corrected chi connectivity index (χ0v) is 13.1. The van der Waals surface area contributed by atoms with Crippen LogP contribution in [-0.2, 0) is 14.9 Å². The minimum Gasteiger partial charge on any atom is -0.399 e. The first-order valence-corrected chi connectivity index (χ1v) is 7.40. The van der Waals surface area contributed by atoms with Gasteiger partial charge in [-0.3, -0.25) is 0 Å². The Morgan fingerprint density at radius 1 is 1.10 bits per heavy atom. The third-order valence-electron chi connectivity index (χ3n) is 4.77. The molecule has 0 radical (unpaired) electrons. The summed E-state index contributed by atoms with van der Waals surface area (Å²) in [6.07, 6.45) is 1.61. The topological polar surface area (TPSA) is 38.7 Å². The SMILES string of the molecule is CC1(C)OB(c2ccc(C3(O)CC3)cc2Cl)OC1(C)C. The molecule has 0 spiro atoms. The van der Waals surface area contributed by atoms with Crippen LogP contribution in [0.15, 0.2) is 18.2 Å². The fraction of sp³-hybridized carbons (Fsp3) is 0.600. The molecule has 108 valence electrons. The number of hydrogen-bond acceptors (Lipinski definition) is 3. The summed E-state index contributed by atoms with van der Waals surface area (Å²) < 4.78 is 12.0. The minimum atomic E-state index is -0.669. The van der Waals surface area contributed by atoms with E-state index in [0.717, 1.165) is 23.9 Å². The lowest BCUT2D eigenvalue weighted by atomic mass is 9.78. The summed E-state index contributed by atoms with van der Waals surface area (Å²) in [7, 11) is -0.463. The van der Waals surface area contributed by atoms with Crippen molar-refractivity contribution in [3.63, 3.8) is 0 Å². The molecule has 2 aliphatic rings. The molecular formula is C15H20BClO3. The number of hydrogen-bond donors (Lipinski definition) is 1. The molecule has 0 atom stereocenters. The molecule has 0 bridgehead atoms. The van der Waals surface area contributed by atoms with Gasteiger partial charge in [0.25, 0.3) is 0 Å². The molecule has 3 nitrogen and oxygen atoms in total. The molecule has 0 unspecified atom stereocenters. The first-order chi connectivity index (χ1) is 9.15. The van der Waals surface area contributed by atoms with Crippen LogP contribution in [0.3, 0.4) is 0 Å². The highest BCUT2D eigenvalue weighted by molar-refractivity contribution is 6.65. The van der Waals surface area contributed by atoms with Crippen LogP contribution in [0.2, 0.25) is 5.02 Å². The largest absolute Gasteiger partial charge is 0.496 e. The second-order valence-electron chi connectivity index (χ2n) is 6.86. The van der Waals surface area contributed by atoms with Crippen molar-refractivity contribution in [1.29, 1.82) is 0 Å². The fourth-order valence-electron chi connectivity index (χ4n) is 2.38. The molecule has 3 rings (SSSR count). The molecule has 2 fully saturated rings. The molecule has 1 N–H and O–H groups in total. The summed E-state index contributed by atoms with van der Waals surface area (Å²) in [4.78, 5) is 0. The average molecular weight is 295 g/mol. The second kappa shape index (κ2) is 4.23. The van der Waals surface area contributed by atoms with Gasteiger partial charge in [0, 0.05) is 10.5 Å². The summed E-state index contributed by atoms with van der Waals surface area (Å²) in [5.74, 6) is 0. The Hall–Kier alpha value is -0.545. The summed E-state index contributed by atoms with van der Waals surface area (Å²) in [6, 6.07) is 5.64. The van der Waals surface area contributed by atoms with Crippen LogP contribution >= 0.6 is 11.6 Å². The van der Waals surface area contributed by atoms with E-state index in [1.54, 1.807) is 0 Å². The van der Waals surface area contributed by atoms with Gasteiger partial charge in [-0.2, -0.15) is 0 Å². The van der Waals surface area contributed by atoms with E-state index in [2.05, 4.69) is 0 Å². The Morgan fingerprint density at radius 3 is 2.10 bits per heavy atom. The molecule has 0 amide bonds. The predicted molar refractivity (Wildman–Crippen MR) is 80.3 cm³/mol. The standard InChI is InChI=1S/C15H20BClO3/c1-13(2)14(3,4)20-16(19-13)11-6-5-10(9-12(11)17)15(18)7-8-15/h5-6,9,18H,7-8H2,1-4H3. The van der Waals surface area contributed by atoms with Gasteiger partial charge in [-0.05, 0) is 52.2 Å². The first-order valence-electron chi connectivity index (χ1n) is 7.03. The summed E-state index contributed by atoms with van der Waals surface area (Å²) >= 11 is 6.36. The third-order valence-corrected chi connectivity index (χ3v) is 5.10. The quantitative estimate of drug-likeness (QED) is 0.852.